The Morgan fingerprint density at radius 3 is 1.91 bits per heavy atom. The Bertz CT molecular complexity index is 298. The zero-order chi connectivity index (χ0) is 17.2. The third kappa shape index (κ3) is 9.28. The molecule has 0 radical (unpaired) electrons. The highest BCUT2D eigenvalue weighted by atomic mass is 19.4. The zero-order valence-electron chi connectivity index (χ0n) is 14.2. The van der Waals surface area contributed by atoms with Crippen molar-refractivity contribution in [2.75, 3.05) is 19.6 Å². The molecule has 0 fully saturated rings. The first-order valence-corrected chi connectivity index (χ1v) is 8.20. The minimum Gasteiger partial charge on any atom is -0.452 e. The number of hydrogen-bond donors (Lipinski definition) is 0. The van der Waals surface area contributed by atoms with Crippen LogP contribution in [0.1, 0.15) is 59.8 Å². The van der Waals surface area contributed by atoms with Crippen LogP contribution >= 0.6 is 0 Å². The lowest BCUT2D eigenvalue weighted by molar-refractivity contribution is -0.231. The number of carbonyl (C=O) groups is 1. The lowest BCUT2D eigenvalue weighted by atomic mass is 10.1. The number of hydrogen-bond acceptors (Lipinski definition) is 3. The zero-order valence-corrected chi connectivity index (χ0v) is 14.2. The van der Waals surface area contributed by atoms with E-state index < -0.39 is 24.2 Å². The molecular weight excluding hydrogens is 295 g/mol. The highest BCUT2D eigenvalue weighted by molar-refractivity contribution is 5.69. The molecule has 0 spiro atoms. The van der Waals surface area contributed by atoms with Crippen LogP contribution in [0.5, 0.6) is 0 Å². The summed E-state index contributed by atoms with van der Waals surface area (Å²) in [5, 5.41) is 0. The van der Waals surface area contributed by atoms with Crippen molar-refractivity contribution in [3.05, 3.63) is 0 Å². The van der Waals surface area contributed by atoms with Crippen molar-refractivity contribution < 1.29 is 22.7 Å². The summed E-state index contributed by atoms with van der Waals surface area (Å²) in [6.07, 6.45) is -2.36. The third-order valence-electron chi connectivity index (χ3n) is 3.47. The van der Waals surface area contributed by atoms with E-state index >= 15 is 0 Å². The molecular formula is C16H30F3NO2. The van der Waals surface area contributed by atoms with Crippen LogP contribution < -0.4 is 0 Å². The molecule has 0 aromatic heterocycles. The molecule has 0 amide bonds. The summed E-state index contributed by atoms with van der Waals surface area (Å²) in [6, 6.07) is 0. The van der Waals surface area contributed by atoms with Gasteiger partial charge in [-0.05, 0) is 31.8 Å². The van der Waals surface area contributed by atoms with Crippen molar-refractivity contribution in [2.24, 2.45) is 5.92 Å². The SMILES string of the molecule is CCCCN(CCCC)CCC(=O)OC(C(C)C)C(F)(F)F. The second-order valence-electron chi connectivity index (χ2n) is 5.99. The second-order valence-corrected chi connectivity index (χ2v) is 5.99. The summed E-state index contributed by atoms with van der Waals surface area (Å²) in [7, 11) is 0. The fraction of sp³-hybridized carbons (Fsp3) is 0.938. The first-order chi connectivity index (χ1) is 10.2. The van der Waals surface area contributed by atoms with Crippen molar-refractivity contribution in [1.82, 2.24) is 4.90 Å². The molecule has 0 bridgehead atoms. The van der Waals surface area contributed by atoms with Crippen LogP contribution in [-0.4, -0.2) is 42.8 Å². The lowest BCUT2D eigenvalue weighted by Gasteiger charge is -2.25. The Hall–Kier alpha value is -0.780. The van der Waals surface area contributed by atoms with Gasteiger partial charge in [0.1, 0.15) is 0 Å². The van der Waals surface area contributed by atoms with Crippen LogP contribution in [0.25, 0.3) is 0 Å². The summed E-state index contributed by atoms with van der Waals surface area (Å²) < 4.78 is 43.0. The Balaban J connectivity index is 4.36. The molecule has 0 aliphatic carbocycles. The summed E-state index contributed by atoms with van der Waals surface area (Å²) in [6.45, 7) is 9.18. The number of unbranched alkanes of at least 4 members (excludes halogenated alkanes) is 2. The quantitative estimate of drug-likeness (QED) is 0.527. The molecule has 3 nitrogen and oxygen atoms in total. The van der Waals surface area contributed by atoms with E-state index in [0.717, 1.165) is 38.8 Å². The van der Waals surface area contributed by atoms with Crippen LogP contribution in [-0.2, 0) is 9.53 Å². The fourth-order valence-electron chi connectivity index (χ4n) is 2.13. The van der Waals surface area contributed by atoms with E-state index in [4.69, 9.17) is 0 Å². The molecule has 0 N–H and O–H groups in total. The molecule has 0 heterocycles. The first kappa shape index (κ1) is 21.2. The maximum Gasteiger partial charge on any atom is 0.425 e. The van der Waals surface area contributed by atoms with Crippen molar-refractivity contribution in [1.29, 1.82) is 0 Å². The van der Waals surface area contributed by atoms with Crippen molar-refractivity contribution in [2.45, 2.75) is 72.1 Å². The number of halogens is 3. The fourth-order valence-corrected chi connectivity index (χ4v) is 2.13. The topological polar surface area (TPSA) is 29.5 Å². The summed E-state index contributed by atoms with van der Waals surface area (Å²) in [5.41, 5.74) is 0. The molecule has 0 aliphatic heterocycles. The third-order valence-corrected chi connectivity index (χ3v) is 3.47. The van der Waals surface area contributed by atoms with E-state index in [0.29, 0.717) is 6.54 Å². The van der Waals surface area contributed by atoms with Gasteiger partial charge in [0, 0.05) is 6.54 Å². The second kappa shape index (κ2) is 10.9. The highest BCUT2D eigenvalue weighted by Crippen LogP contribution is 2.28. The maximum absolute atomic E-state index is 12.8. The van der Waals surface area contributed by atoms with Gasteiger partial charge in [-0.1, -0.05) is 40.5 Å². The van der Waals surface area contributed by atoms with E-state index in [1.165, 1.54) is 13.8 Å². The number of carbonyl (C=O) groups excluding carboxylic acids is 1. The Labute approximate surface area is 132 Å². The summed E-state index contributed by atoms with van der Waals surface area (Å²) in [5.74, 6) is -1.55. The highest BCUT2D eigenvalue weighted by Gasteiger charge is 2.44. The number of nitrogens with zero attached hydrogens (tertiary/aromatic N) is 1. The van der Waals surface area contributed by atoms with Crippen LogP contribution in [0.4, 0.5) is 13.2 Å². The van der Waals surface area contributed by atoms with Crippen LogP contribution in [0, 0.1) is 5.92 Å². The summed E-state index contributed by atoms with van der Waals surface area (Å²) >= 11 is 0. The molecule has 0 saturated heterocycles. The van der Waals surface area contributed by atoms with Gasteiger partial charge in [0.2, 0.25) is 0 Å². The van der Waals surface area contributed by atoms with Gasteiger partial charge < -0.3 is 9.64 Å². The van der Waals surface area contributed by atoms with Gasteiger partial charge in [0.25, 0.3) is 0 Å². The average Bonchev–Trinajstić information content (AvgIpc) is 2.42. The smallest absolute Gasteiger partial charge is 0.425 e. The molecule has 132 valence electrons. The molecule has 1 unspecified atom stereocenters. The van der Waals surface area contributed by atoms with Gasteiger partial charge in [-0.25, -0.2) is 0 Å². The maximum atomic E-state index is 12.8. The monoisotopic (exact) mass is 325 g/mol. The normalized spacial score (nSPS) is 13.7. The van der Waals surface area contributed by atoms with Crippen LogP contribution in [0.15, 0.2) is 0 Å². The van der Waals surface area contributed by atoms with E-state index in [-0.39, 0.29) is 6.42 Å². The predicted molar refractivity (Wildman–Crippen MR) is 81.6 cm³/mol. The number of esters is 1. The number of ether oxygens (including phenoxy) is 1. The van der Waals surface area contributed by atoms with E-state index in [9.17, 15) is 18.0 Å². The predicted octanol–water partition coefficient (Wildman–Crippen LogP) is 4.41. The van der Waals surface area contributed by atoms with Crippen molar-refractivity contribution >= 4 is 5.97 Å². The van der Waals surface area contributed by atoms with E-state index in [1.54, 1.807) is 0 Å². The van der Waals surface area contributed by atoms with Crippen molar-refractivity contribution in [3.63, 3.8) is 0 Å². The molecule has 0 rings (SSSR count). The van der Waals surface area contributed by atoms with Gasteiger partial charge in [0.15, 0.2) is 6.10 Å². The molecule has 1 atom stereocenters. The Morgan fingerprint density at radius 2 is 1.55 bits per heavy atom. The number of alkyl halides is 3. The van der Waals surface area contributed by atoms with Gasteiger partial charge in [-0.2, -0.15) is 13.2 Å². The number of rotatable bonds is 11. The van der Waals surface area contributed by atoms with Gasteiger partial charge in [-0.15, -0.1) is 0 Å². The molecule has 6 heteroatoms. The molecule has 0 aromatic rings. The van der Waals surface area contributed by atoms with Crippen LogP contribution in [0.3, 0.4) is 0 Å². The molecule has 22 heavy (non-hydrogen) atoms. The largest absolute Gasteiger partial charge is 0.452 e. The standard InChI is InChI=1S/C16H30F3NO2/c1-5-7-10-20(11-8-6-2)12-9-14(21)22-15(13(3)4)16(17,18)19/h13,15H,5-12H2,1-4H3. The van der Waals surface area contributed by atoms with Gasteiger partial charge in [0.05, 0.1) is 6.42 Å². The van der Waals surface area contributed by atoms with Crippen LogP contribution in [0.2, 0.25) is 0 Å². The Morgan fingerprint density at radius 1 is 1.05 bits per heavy atom. The molecule has 0 aliphatic rings. The average molecular weight is 325 g/mol. The minimum absolute atomic E-state index is 0.00668. The van der Waals surface area contributed by atoms with Gasteiger partial charge in [-0.3, -0.25) is 4.79 Å². The van der Waals surface area contributed by atoms with E-state index in [2.05, 4.69) is 23.5 Å². The van der Waals surface area contributed by atoms with E-state index in [1.807, 2.05) is 0 Å². The molecule has 0 saturated carbocycles. The first-order valence-electron chi connectivity index (χ1n) is 8.20. The minimum atomic E-state index is -4.51. The van der Waals surface area contributed by atoms with Gasteiger partial charge >= 0.3 is 12.1 Å². The lowest BCUT2D eigenvalue weighted by Crippen LogP contribution is -2.39. The Kier molecular flexibility index (Phi) is 10.5. The molecule has 0 aromatic carbocycles. The summed E-state index contributed by atoms with van der Waals surface area (Å²) in [4.78, 5) is 13.8. The van der Waals surface area contributed by atoms with Crippen molar-refractivity contribution in [3.8, 4) is 0 Å².